The Balaban J connectivity index is 2.11. The van der Waals surface area contributed by atoms with Crippen molar-refractivity contribution in [3.8, 4) is 11.5 Å². The van der Waals surface area contributed by atoms with E-state index < -0.39 is 0 Å². The van der Waals surface area contributed by atoms with E-state index in [1.807, 2.05) is 44.4 Å². The van der Waals surface area contributed by atoms with Crippen LogP contribution in [0.3, 0.4) is 0 Å². The summed E-state index contributed by atoms with van der Waals surface area (Å²) in [6.07, 6.45) is 2.97. The van der Waals surface area contributed by atoms with Gasteiger partial charge in [0.05, 0.1) is 14.2 Å². The van der Waals surface area contributed by atoms with Gasteiger partial charge < -0.3 is 14.4 Å². The van der Waals surface area contributed by atoms with Gasteiger partial charge in [0.2, 0.25) is 0 Å². The van der Waals surface area contributed by atoms with Gasteiger partial charge in [0.25, 0.3) is 0 Å². The van der Waals surface area contributed by atoms with Crippen molar-refractivity contribution in [2.45, 2.75) is 6.42 Å². The molecule has 0 N–H and O–H groups in total. The van der Waals surface area contributed by atoms with E-state index in [2.05, 4.69) is 41.4 Å². The Bertz CT molecular complexity index is 928. The smallest absolute Gasteiger partial charge is 0.126 e. The van der Waals surface area contributed by atoms with Crippen LogP contribution in [0.1, 0.15) is 11.1 Å². The molecule has 0 spiro atoms. The van der Waals surface area contributed by atoms with E-state index in [-0.39, 0.29) is 0 Å². The molecule has 0 unspecified atom stereocenters. The van der Waals surface area contributed by atoms with E-state index in [1.54, 1.807) is 14.2 Å². The fraction of sp³-hybridized carbons (Fsp3) is 0.217. The summed E-state index contributed by atoms with van der Waals surface area (Å²) < 4.78 is 11.1. The number of fused-ring (bicyclic) bond motifs is 1. The number of benzene rings is 3. The summed E-state index contributed by atoms with van der Waals surface area (Å²) in [5, 5.41) is 2.35. The normalized spacial score (nSPS) is 11.5. The second-order valence-corrected chi connectivity index (χ2v) is 6.47. The first kappa shape index (κ1) is 17.9. The van der Waals surface area contributed by atoms with Gasteiger partial charge >= 0.3 is 0 Å². The number of hydrogen-bond acceptors (Lipinski definition) is 3. The fourth-order valence-electron chi connectivity index (χ4n) is 3.30. The summed E-state index contributed by atoms with van der Waals surface area (Å²) in [6, 6.07) is 20.7. The van der Waals surface area contributed by atoms with Crippen LogP contribution in [-0.2, 0) is 6.42 Å². The average molecular weight is 347 g/mol. The molecular formula is C23H25NO2. The maximum Gasteiger partial charge on any atom is 0.126 e. The molecular weight excluding hydrogens is 322 g/mol. The highest BCUT2D eigenvalue weighted by molar-refractivity contribution is 5.92. The molecule has 3 aromatic carbocycles. The monoisotopic (exact) mass is 347 g/mol. The highest BCUT2D eigenvalue weighted by Gasteiger charge is 2.13. The zero-order valence-electron chi connectivity index (χ0n) is 15.8. The van der Waals surface area contributed by atoms with E-state index in [4.69, 9.17) is 9.47 Å². The van der Waals surface area contributed by atoms with Gasteiger partial charge in [-0.05, 0) is 28.7 Å². The quantitative estimate of drug-likeness (QED) is 0.626. The maximum absolute atomic E-state index is 5.59. The number of rotatable bonds is 6. The van der Waals surface area contributed by atoms with Crippen molar-refractivity contribution >= 4 is 16.3 Å². The van der Waals surface area contributed by atoms with E-state index in [1.165, 1.54) is 16.5 Å². The van der Waals surface area contributed by atoms with Crippen molar-refractivity contribution < 1.29 is 9.47 Å². The Morgan fingerprint density at radius 1 is 0.808 bits per heavy atom. The molecule has 3 aromatic rings. The summed E-state index contributed by atoms with van der Waals surface area (Å²) in [5.74, 6) is 1.79. The lowest BCUT2D eigenvalue weighted by atomic mass is 9.94. The Morgan fingerprint density at radius 2 is 1.46 bits per heavy atom. The third-order valence-corrected chi connectivity index (χ3v) is 4.44. The Labute approximate surface area is 155 Å². The first-order chi connectivity index (χ1) is 12.6. The van der Waals surface area contributed by atoms with Crippen LogP contribution < -0.4 is 9.47 Å². The number of nitrogens with zero attached hydrogens (tertiary/aromatic N) is 1. The number of hydrogen-bond donors (Lipinski definition) is 0. The Hall–Kier alpha value is -2.94. The molecule has 0 aliphatic rings. The molecule has 0 heterocycles. The predicted octanol–water partition coefficient (Wildman–Crippen LogP) is 5.00. The van der Waals surface area contributed by atoms with Crippen molar-refractivity contribution in [2.24, 2.45) is 0 Å². The van der Waals surface area contributed by atoms with Crippen LogP contribution in [-0.4, -0.2) is 33.2 Å². The second kappa shape index (κ2) is 7.96. The van der Waals surface area contributed by atoms with Crippen molar-refractivity contribution in [1.82, 2.24) is 4.90 Å². The number of para-hydroxylation sites is 1. The van der Waals surface area contributed by atoms with Crippen LogP contribution in [0.2, 0.25) is 0 Å². The lowest BCUT2D eigenvalue weighted by Crippen LogP contribution is -2.05. The molecule has 3 nitrogen and oxygen atoms in total. The van der Waals surface area contributed by atoms with Gasteiger partial charge in [0, 0.05) is 37.7 Å². The van der Waals surface area contributed by atoms with Crippen molar-refractivity contribution in [3.63, 3.8) is 0 Å². The molecule has 0 aromatic heterocycles. The molecule has 0 aliphatic heterocycles. The van der Waals surface area contributed by atoms with Crippen LogP contribution in [0.4, 0.5) is 0 Å². The number of methoxy groups -OCH3 is 2. The molecule has 26 heavy (non-hydrogen) atoms. The van der Waals surface area contributed by atoms with E-state index in [0.29, 0.717) is 0 Å². The molecule has 0 saturated heterocycles. The first-order valence-electron chi connectivity index (χ1n) is 8.69. The van der Waals surface area contributed by atoms with Gasteiger partial charge in [0.15, 0.2) is 0 Å². The van der Waals surface area contributed by atoms with E-state index >= 15 is 0 Å². The third kappa shape index (κ3) is 3.67. The average Bonchev–Trinajstić information content (AvgIpc) is 2.67. The van der Waals surface area contributed by atoms with Crippen LogP contribution >= 0.6 is 0 Å². The number of allylic oxidation sites excluding steroid dienone is 1. The van der Waals surface area contributed by atoms with E-state index in [9.17, 15) is 0 Å². The molecule has 0 atom stereocenters. The maximum atomic E-state index is 5.59. The molecule has 0 saturated carbocycles. The highest BCUT2D eigenvalue weighted by Crippen LogP contribution is 2.33. The lowest BCUT2D eigenvalue weighted by molar-refractivity contribution is 0.413. The summed E-state index contributed by atoms with van der Waals surface area (Å²) >= 11 is 0. The molecule has 134 valence electrons. The van der Waals surface area contributed by atoms with E-state index in [0.717, 1.165) is 28.9 Å². The first-order valence-corrected chi connectivity index (χ1v) is 8.69. The summed E-state index contributed by atoms with van der Waals surface area (Å²) in [5.41, 5.74) is 3.59. The van der Waals surface area contributed by atoms with Gasteiger partial charge in [-0.1, -0.05) is 48.5 Å². The Morgan fingerprint density at radius 3 is 2.15 bits per heavy atom. The molecule has 0 radical (unpaired) electrons. The molecule has 3 rings (SSSR count). The molecule has 0 amide bonds. The topological polar surface area (TPSA) is 21.7 Å². The van der Waals surface area contributed by atoms with Gasteiger partial charge in [-0.2, -0.15) is 0 Å². The van der Waals surface area contributed by atoms with Crippen LogP contribution in [0, 0.1) is 0 Å². The SMILES string of the molecule is COc1ccccc1/C(=C/N(C)C)Cc1ccc(OC)c2ccccc12. The van der Waals surface area contributed by atoms with Crippen molar-refractivity contribution in [3.05, 3.63) is 78.0 Å². The Kier molecular flexibility index (Phi) is 5.47. The highest BCUT2D eigenvalue weighted by atomic mass is 16.5. The number of ether oxygens (including phenoxy) is 2. The molecule has 0 fully saturated rings. The minimum absolute atomic E-state index is 0.809. The van der Waals surface area contributed by atoms with Crippen LogP contribution in [0.5, 0.6) is 11.5 Å². The molecule has 0 aliphatic carbocycles. The van der Waals surface area contributed by atoms with Gasteiger partial charge in [-0.15, -0.1) is 0 Å². The third-order valence-electron chi connectivity index (χ3n) is 4.44. The van der Waals surface area contributed by atoms with Gasteiger partial charge in [-0.3, -0.25) is 0 Å². The minimum Gasteiger partial charge on any atom is -0.496 e. The lowest BCUT2D eigenvalue weighted by Gasteiger charge is -2.17. The second-order valence-electron chi connectivity index (χ2n) is 6.47. The summed E-state index contributed by atoms with van der Waals surface area (Å²) in [4.78, 5) is 2.08. The standard InChI is InChI=1S/C23H25NO2/c1-24(2)16-18(20-10-7-8-12-22(20)25-3)15-17-13-14-23(26-4)21-11-6-5-9-19(17)21/h5-14,16H,15H2,1-4H3/b18-16+. The zero-order chi connectivity index (χ0) is 18.5. The van der Waals surface area contributed by atoms with Crippen molar-refractivity contribution in [1.29, 1.82) is 0 Å². The predicted molar refractivity (Wildman–Crippen MR) is 109 cm³/mol. The summed E-state index contributed by atoms with van der Waals surface area (Å²) in [7, 11) is 7.52. The summed E-state index contributed by atoms with van der Waals surface area (Å²) in [6.45, 7) is 0. The van der Waals surface area contributed by atoms with Crippen LogP contribution in [0.25, 0.3) is 16.3 Å². The van der Waals surface area contributed by atoms with Crippen LogP contribution in [0.15, 0.2) is 66.9 Å². The van der Waals surface area contributed by atoms with Gasteiger partial charge in [0.1, 0.15) is 11.5 Å². The van der Waals surface area contributed by atoms with Crippen molar-refractivity contribution in [2.75, 3.05) is 28.3 Å². The fourth-order valence-corrected chi connectivity index (χ4v) is 3.30. The van der Waals surface area contributed by atoms with Gasteiger partial charge in [-0.25, -0.2) is 0 Å². The largest absolute Gasteiger partial charge is 0.496 e. The zero-order valence-corrected chi connectivity index (χ0v) is 15.8. The molecule has 0 bridgehead atoms. The minimum atomic E-state index is 0.809. The molecule has 3 heteroatoms.